The van der Waals surface area contributed by atoms with Gasteiger partial charge in [-0.2, -0.15) is 0 Å². The van der Waals surface area contributed by atoms with E-state index in [4.69, 9.17) is 9.15 Å². The SMILES string of the molecule is Cc1nc(C)c(C(=O)N2CC[C@@]34OC[C@@H](c5ccccc5)N3C(=O)C[C@@H]24)o1. The van der Waals surface area contributed by atoms with Crippen LogP contribution in [0.3, 0.4) is 0 Å². The van der Waals surface area contributed by atoms with Crippen LogP contribution >= 0.6 is 0 Å². The molecule has 2 aromatic rings. The van der Waals surface area contributed by atoms with Crippen LogP contribution in [0.25, 0.3) is 0 Å². The molecule has 1 aromatic carbocycles. The Hall–Kier alpha value is -2.67. The highest BCUT2D eigenvalue weighted by Crippen LogP contribution is 2.51. The molecule has 3 aliphatic rings. The summed E-state index contributed by atoms with van der Waals surface area (Å²) in [6.45, 7) is 4.47. The number of benzene rings is 1. The maximum absolute atomic E-state index is 13.1. The maximum Gasteiger partial charge on any atom is 0.292 e. The van der Waals surface area contributed by atoms with Crippen LogP contribution in [0, 0.1) is 13.8 Å². The Morgan fingerprint density at radius 2 is 2.04 bits per heavy atom. The van der Waals surface area contributed by atoms with Crippen molar-refractivity contribution in [3.05, 3.63) is 53.2 Å². The summed E-state index contributed by atoms with van der Waals surface area (Å²) in [5.74, 6) is 0.550. The van der Waals surface area contributed by atoms with Crippen molar-refractivity contribution in [1.82, 2.24) is 14.8 Å². The Kier molecular flexibility index (Phi) is 3.46. The molecule has 3 saturated heterocycles. The molecule has 3 atom stereocenters. The van der Waals surface area contributed by atoms with Gasteiger partial charge in [-0.15, -0.1) is 0 Å². The number of ether oxygens (including phenoxy) is 1. The predicted molar refractivity (Wildman–Crippen MR) is 94.7 cm³/mol. The summed E-state index contributed by atoms with van der Waals surface area (Å²) < 4.78 is 11.8. The molecule has 7 heteroatoms. The Morgan fingerprint density at radius 1 is 1.26 bits per heavy atom. The highest BCUT2D eigenvalue weighted by Gasteiger charge is 2.65. The molecular weight excluding hydrogens is 346 g/mol. The summed E-state index contributed by atoms with van der Waals surface area (Å²) in [5.41, 5.74) is 0.917. The van der Waals surface area contributed by atoms with Crippen LogP contribution in [0.15, 0.2) is 34.7 Å². The molecule has 0 bridgehead atoms. The number of carbonyl (C=O) groups excluding carboxylic acids is 2. The van der Waals surface area contributed by atoms with E-state index in [0.29, 0.717) is 31.2 Å². The van der Waals surface area contributed by atoms with Crippen LogP contribution in [-0.4, -0.2) is 51.5 Å². The molecule has 1 spiro atoms. The average molecular weight is 367 g/mol. The van der Waals surface area contributed by atoms with E-state index < -0.39 is 5.72 Å². The molecule has 27 heavy (non-hydrogen) atoms. The smallest absolute Gasteiger partial charge is 0.292 e. The zero-order valence-electron chi connectivity index (χ0n) is 15.3. The number of hydrogen-bond donors (Lipinski definition) is 0. The van der Waals surface area contributed by atoms with E-state index in [0.717, 1.165) is 5.56 Å². The summed E-state index contributed by atoms with van der Waals surface area (Å²) in [6, 6.07) is 9.54. The summed E-state index contributed by atoms with van der Waals surface area (Å²) in [7, 11) is 0. The van der Waals surface area contributed by atoms with Crippen LogP contribution in [0.2, 0.25) is 0 Å². The highest BCUT2D eigenvalue weighted by molar-refractivity contribution is 5.94. The van der Waals surface area contributed by atoms with Gasteiger partial charge in [-0.3, -0.25) is 9.59 Å². The standard InChI is InChI=1S/C20H21N3O4/c1-12-18(27-13(2)21-12)19(25)22-9-8-20-16(22)10-17(24)23(20)15(11-26-20)14-6-4-3-5-7-14/h3-7,15-16H,8-11H2,1-2H3/t15-,16+,20-/m0/s1. The molecule has 3 aliphatic heterocycles. The van der Waals surface area contributed by atoms with Gasteiger partial charge in [0.05, 0.1) is 30.8 Å². The average Bonchev–Trinajstić information content (AvgIpc) is 3.36. The van der Waals surface area contributed by atoms with Crippen molar-refractivity contribution in [3.8, 4) is 0 Å². The minimum Gasteiger partial charge on any atom is -0.436 e. The number of hydrogen-bond acceptors (Lipinski definition) is 5. The lowest BCUT2D eigenvalue weighted by Gasteiger charge is -2.33. The number of likely N-dealkylation sites (tertiary alicyclic amines) is 1. The van der Waals surface area contributed by atoms with Gasteiger partial charge in [-0.05, 0) is 12.5 Å². The first kappa shape index (κ1) is 16.5. The van der Waals surface area contributed by atoms with Crippen LogP contribution in [0.5, 0.6) is 0 Å². The fraction of sp³-hybridized carbons (Fsp3) is 0.450. The number of nitrogens with zero attached hydrogens (tertiary/aromatic N) is 3. The van der Waals surface area contributed by atoms with Gasteiger partial charge in [-0.25, -0.2) is 4.98 Å². The Balaban J connectivity index is 1.47. The van der Waals surface area contributed by atoms with Crippen molar-refractivity contribution in [1.29, 1.82) is 0 Å². The maximum atomic E-state index is 13.1. The number of rotatable bonds is 2. The van der Waals surface area contributed by atoms with Gasteiger partial charge in [0.2, 0.25) is 11.7 Å². The lowest BCUT2D eigenvalue weighted by atomic mass is 10.0. The molecule has 0 saturated carbocycles. The molecule has 4 heterocycles. The van der Waals surface area contributed by atoms with Crippen molar-refractivity contribution in [2.45, 2.75) is 44.5 Å². The molecule has 2 amide bonds. The minimum atomic E-state index is -0.726. The fourth-order valence-electron chi connectivity index (χ4n) is 4.87. The topological polar surface area (TPSA) is 75.9 Å². The summed E-state index contributed by atoms with van der Waals surface area (Å²) in [6.07, 6.45) is 0.895. The molecule has 0 radical (unpaired) electrons. The molecule has 1 aromatic heterocycles. The van der Waals surface area contributed by atoms with E-state index in [1.165, 1.54) is 0 Å². The Bertz CT molecular complexity index is 925. The lowest BCUT2D eigenvalue weighted by Crippen LogP contribution is -2.49. The number of oxazole rings is 1. The number of aromatic nitrogens is 1. The van der Waals surface area contributed by atoms with Gasteiger partial charge in [0, 0.05) is 19.9 Å². The summed E-state index contributed by atoms with van der Waals surface area (Å²) in [4.78, 5) is 33.8. The molecule has 140 valence electrons. The second kappa shape index (κ2) is 5.66. The van der Waals surface area contributed by atoms with Gasteiger partial charge in [-0.1, -0.05) is 30.3 Å². The summed E-state index contributed by atoms with van der Waals surface area (Å²) >= 11 is 0. The molecular formula is C20H21N3O4. The van der Waals surface area contributed by atoms with Crippen molar-refractivity contribution in [2.75, 3.05) is 13.2 Å². The van der Waals surface area contributed by atoms with Crippen molar-refractivity contribution < 1.29 is 18.7 Å². The first-order chi connectivity index (χ1) is 13.0. The van der Waals surface area contributed by atoms with Crippen molar-refractivity contribution in [3.63, 3.8) is 0 Å². The van der Waals surface area contributed by atoms with Crippen LogP contribution < -0.4 is 0 Å². The number of carbonyl (C=O) groups is 2. The highest BCUT2D eigenvalue weighted by atomic mass is 16.5. The molecule has 0 unspecified atom stereocenters. The molecule has 3 fully saturated rings. The number of aryl methyl sites for hydroxylation is 2. The van der Waals surface area contributed by atoms with Gasteiger partial charge in [0.15, 0.2) is 11.6 Å². The largest absolute Gasteiger partial charge is 0.436 e. The van der Waals surface area contributed by atoms with Crippen molar-refractivity contribution in [2.24, 2.45) is 0 Å². The van der Waals surface area contributed by atoms with Gasteiger partial charge >= 0.3 is 0 Å². The van der Waals surface area contributed by atoms with E-state index >= 15 is 0 Å². The monoisotopic (exact) mass is 367 g/mol. The normalized spacial score (nSPS) is 29.3. The zero-order valence-corrected chi connectivity index (χ0v) is 15.3. The first-order valence-electron chi connectivity index (χ1n) is 9.27. The summed E-state index contributed by atoms with van der Waals surface area (Å²) in [5, 5.41) is 0. The van der Waals surface area contributed by atoms with Crippen molar-refractivity contribution >= 4 is 11.8 Å². The predicted octanol–water partition coefficient (Wildman–Crippen LogP) is 2.21. The van der Waals surface area contributed by atoms with E-state index in [1.807, 2.05) is 35.2 Å². The van der Waals surface area contributed by atoms with E-state index in [-0.39, 0.29) is 36.1 Å². The van der Waals surface area contributed by atoms with E-state index in [9.17, 15) is 9.59 Å². The molecule has 0 aliphatic carbocycles. The van der Waals surface area contributed by atoms with Gasteiger partial charge in [0.1, 0.15) is 0 Å². The second-order valence-corrected chi connectivity index (χ2v) is 7.46. The second-order valence-electron chi connectivity index (χ2n) is 7.46. The Labute approximate surface area is 156 Å². The quantitative estimate of drug-likeness (QED) is 0.813. The van der Waals surface area contributed by atoms with Gasteiger partial charge < -0.3 is 19.0 Å². The van der Waals surface area contributed by atoms with Crippen LogP contribution in [0.4, 0.5) is 0 Å². The zero-order chi connectivity index (χ0) is 18.8. The van der Waals surface area contributed by atoms with E-state index in [1.54, 1.807) is 18.7 Å². The minimum absolute atomic E-state index is 0.0364. The van der Waals surface area contributed by atoms with E-state index in [2.05, 4.69) is 4.98 Å². The lowest BCUT2D eigenvalue weighted by molar-refractivity contribution is -0.138. The number of amides is 2. The third-order valence-electron chi connectivity index (χ3n) is 6.00. The molecule has 0 N–H and O–H groups in total. The van der Waals surface area contributed by atoms with Gasteiger partial charge in [0.25, 0.3) is 5.91 Å². The Morgan fingerprint density at radius 3 is 2.74 bits per heavy atom. The molecule has 7 nitrogen and oxygen atoms in total. The third-order valence-corrected chi connectivity index (χ3v) is 6.00. The third kappa shape index (κ3) is 2.21. The van der Waals surface area contributed by atoms with Crippen LogP contribution in [-0.2, 0) is 9.53 Å². The van der Waals surface area contributed by atoms with Crippen LogP contribution in [0.1, 0.15) is 46.6 Å². The molecule has 5 rings (SSSR count). The first-order valence-corrected chi connectivity index (χ1v) is 9.27. The fourth-order valence-corrected chi connectivity index (χ4v) is 4.87.